The molecule has 1 amide bonds. The lowest BCUT2D eigenvalue weighted by molar-refractivity contribution is -0.117. The number of para-hydroxylation sites is 2. The summed E-state index contributed by atoms with van der Waals surface area (Å²) in [5.41, 5.74) is 4.71. The van der Waals surface area contributed by atoms with Gasteiger partial charge >= 0.3 is 0 Å². The van der Waals surface area contributed by atoms with Gasteiger partial charge in [0.05, 0.1) is 5.69 Å². The number of thiazole rings is 1. The number of aromatic nitrogens is 1. The van der Waals surface area contributed by atoms with Crippen LogP contribution in [-0.4, -0.2) is 24.0 Å². The second-order valence-electron chi connectivity index (χ2n) is 7.37. The number of hydrogen-bond donors (Lipinski definition) is 0. The number of fused-ring (bicyclic) bond motifs is 1. The summed E-state index contributed by atoms with van der Waals surface area (Å²) in [6.45, 7) is 0.883. The molecule has 0 fully saturated rings. The Bertz CT molecular complexity index is 1210. The maximum Gasteiger partial charge on any atom is 0.247 e. The van der Waals surface area contributed by atoms with E-state index in [0.29, 0.717) is 6.54 Å². The van der Waals surface area contributed by atoms with Gasteiger partial charge in [-0.2, -0.15) is 0 Å². The zero-order chi connectivity index (χ0) is 21.2. The van der Waals surface area contributed by atoms with Crippen LogP contribution in [0.25, 0.3) is 11.3 Å². The number of rotatable bonds is 5. The Morgan fingerprint density at radius 3 is 2.55 bits per heavy atom. The van der Waals surface area contributed by atoms with E-state index < -0.39 is 0 Å². The van der Waals surface area contributed by atoms with E-state index >= 15 is 0 Å². The Morgan fingerprint density at radius 1 is 1.00 bits per heavy atom. The maximum absolute atomic E-state index is 13.3. The Kier molecular flexibility index (Phi) is 5.22. The molecule has 1 aliphatic rings. The van der Waals surface area contributed by atoms with E-state index in [0.717, 1.165) is 34.2 Å². The fraction of sp³-hybridized carbons (Fsp3) is 0.120. The summed E-state index contributed by atoms with van der Waals surface area (Å²) >= 11 is 1.47. The second-order valence-corrected chi connectivity index (χ2v) is 8.20. The van der Waals surface area contributed by atoms with E-state index in [9.17, 15) is 9.18 Å². The first-order valence-electron chi connectivity index (χ1n) is 10.1. The minimum Gasteiger partial charge on any atom is -0.310 e. The van der Waals surface area contributed by atoms with Crippen molar-refractivity contribution in [2.75, 3.05) is 22.9 Å². The number of anilines is 3. The third-order valence-corrected chi connectivity index (χ3v) is 6.28. The van der Waals surface area contributed by atoms with Crippen LogP contribution in [0.2, 0.25) is 0 Å². The van der Waals surface area contributed by atoms with Crippen molar-refractivity contribution in [1.29, 1.82) is 0 Å². The molecule has 0 radical (unpaired) electrons. The van der Waals surface area contributed by atoms with Crippen LogP contribution >= 0.6 is 11.3 Å². The number of nitrogens with zero attached hydrogens (tertiary/aromatic N) is 3. The van der Waals surface area contributed by atoms with Gasteiger partial charge < -0.3 is 9.80 Å². The van der Waals surface area contributed by atoms with Gasteiger partial charge in [-0.3, -0.25) is 4.79 Å². The fourth-order valence-electron chi connectivity index (χ4n) is 3.84. The number of halogens is 1. The van der Waals surface area contributed by atoms with E-state index in [1.807, 2.05) is 63.7 Å². The first-order valence-corrected chi connectivity index (χ1v) is 11.0. The first-order chi connectivity index (χ1) is 15.2. The molecule has 0 atom stereocenters. The van der Waals surface area contributed by atoms with Gasteiger partial charge in [0.1, 0.15) is 12.4 Å². The minimum absolute atomic E-state index is 0.0346. The molecule has 1 aliphatic heterocycles. The number of benzene rings is 3. The molecule has 4 nitrogen and oxygen atoms in total. The van der Waals surface area contributed by atoms with Crippen molar-refractivity contribution in [3.8, 4) is 11.3 Å². The lowest BCUT2D eigenvalue weighted by Gasteiger charge is -2.25. The molecule has 3 aromatic carbocycles. The molecule has 0 N–H and O–H groups in total. The molecule has 0 bridgehead atoms. The second kappa shape index (κ2) is 8.32. The highest BCUT2D eigenvalue weighted by Gasteiger charge is 2.27. The zero-order valence-corrected chi connectivity index (χ0v) is 17.6. The number of hydrogen-bond acceptors (Lipinski definition) is 4. The van der Waals surface area contributed by atoms with Crippen LogP contribution in [0, 0.1) is 5.82 Å². The molecule has 31 heavy (non-hydrogen) atoms. The van der Waals surface area contributed by atoms with Crippen LogP contribution in [0.3, 0.4) is 0 Å². The topological polar surface area (TPSA) is 36.4 Å². The van der Waals surface area contributed by atoms with Crippen LogP contribution in [0.5, 0.6) is 0 Å². The van der Waals surface area contributed by atoms with Crippen LogP contribution in [-0.2, 0) is 11.2 Å². The molecule has 1 aromatic heterocycles. The first kappa shape index (κ1) is 19.5. The predicted molar refractivity (Wildman–Crippen MR) is 123 cm³/mol. The molecule has 2 heterocycles. The third-order valence-electron chi connectivity index (χ3n) is 5.41. The molecular formula is C25H20FN3OS. The van der Waals surface area contributed by atoms with Crippen molar-refractivity contribution in [2.45, 2.75) is 6.42 Å². The summed E-state index contributed by atoms with van der Waals surface area (Å²) < 4.78 is 13.3. The summed E-state index contributed by atoms with van der Waals surface area (Å²) in [6.07, 6.45) is 0.874. The summed E-state index contributed by atoms with van der Waals surface area (Å²) in [5.74, 6) is -0.242. The average molecular weight is 430 g/mol. The highest BCUT2D eigenvalue weighted by Crippen LogP contribution is 2.33. The van der Waals surface area contributed by atoms with Crippen molar-refractivity contribution >= 4 is 33.8 Å². The minimum atomic E-state index is -0.276. The van der Waals surface area contributed by atoms with Gasteiger partial charge in [0.2, 0.25) is 5.91 Å². The molecule has 5 rings (SSSR count). The molecule has 154 valence electrons. The average Bonchev–Trinajstić information content (AvgIpc) is 3.46. The normalized spacial score (nSPS) is 12.6. The van der Waals surface area contributed by atoms with E-state index in [4.69, 9.17) is 4.98 Å². The highest BCUT2D eigenvalue weighted by molar-refractivity contribution is 7.14. The number of carbonyl (C=O) groups is 1. The molecule has 0 saturated heterocycles. The van der Waals surface area contributed by atoms with E-state index in [-0.39, 0.29) is 18.3 Å². The van der Waals surface area contributed by atoms with E-state index in [2.05, 4.69) is 6.07 Å². The molecule has 4 aromatic rings. The van der Waals surface area contributed by atoms with Crippen LogP contribution in [0.1, 0.15) is 5.56 Å². The lowest BCUT2D eigenvalue weighted by Crippen LogP contribution is -2.37. The van der Waals surface area contributed by atoms with E-state index in [1.165, 1.54) is 29.0 Å². The fourth-order valence-corrected chi connectivity index (χ4v) is 4.69. The summed E-state index contributed by atoms with van der Waals surface area (Å²) in [4.78, 5) is 21.9. The van der Waals surface area contributed by atoms with Crippen molar-refractivity contribution < 1.29 is 9.18 Å². The van der Waals surface area contributed by atoms with Gasteiger partial charge in [0, 0.05) is 28.9 Å². The third kappa shape index (κ3) is 3.94. The predicted octanol–water partition coefficient (Wildman–Crippen LogP) is 5.68. The molecule has 0 aliphatic carbocycles. The summed E-state index contributed by atoms with van der Waals surface area (Å²) in [6, 6.07) is 24.1. The molecule has 6 heteroatoms. The van der Waals surface area contributed by atoms with Crippen LogP contribution in [0.15, 0.2) is 84.2 Å². The standard InChI is InChI=1S/C25H20FN3OS/c26-20-12-10-18(11-13-20)22-17-31-25(27-22)29(21-7-2-1-3-8-21)16-24(30)28-15-14-19-6-4-5-9-23(19)28/h1-13,17H,14-16H2. The van der Waals surface area contributed by atoms with Gasteiger partial charge in [-0.05, 0) is 54.4 Å². The van der Waals surface area contributed by atoms with Gasteiger partial charge in [-0.1, -0.05) is 36.4 Å². The Morgan fingerprint density at radius 2 is 1.74 bits per heavy atom. The highest BCUT2D eigenvalue weighted by atomic mass is 32.1. The quantitative estimate of drug-likeness (QED) is 0.410. The lowest BCUT2D eigenvalue weighted by atomic mass is 10.2. The van der Waals surface area contributed by atoms with Crippen molar-refractivity contribution in [1.82, 2.24) is 4.98 Å². The Balaban J connectivity index is 1.45. The van der Waals surface area contributed by atoms with Gasteiger partial charge in [-0.15, -0.1) is 11.3 Å². The largest absolute Gasteiger partial charge is 0.310 e. The monoisotopic (exact) mass is 429 g/mol. The summed E-state index contributed by atoms with van der Waals surface area (Å²) in [5, 5.41) is 2.67. The molecule has 0 spiro atoms. The van der Waals surface area contributed by atoms with Gasteiger partial charge in [-0.25, -0.2) is 9.37 Å². The van der Waals surface area contributed by atoms with Crippen molar-refractivity contribution in [2.24, 2.45) is 0 Å². The van der Waals surface area contributed by atoms with Crippen LogP contribution in [0.4, 0.5) is 20.9 Å². The van der Waals surface area contributed by atoms with Gasteiger partial charge in [0.15, 0.2) is 5.13 Å². The van der Waals surface area contributed by atoms with Crippen LogP contribution < -0.4 is 9.80 Å². The van der Waals surface area contributed by atoms with Crippen molar-refractivity contribution in [3.63, 3.8) is 0 Å². The Labute approximate surface area is 184 Å². The summed E-state index contributed by atoms with van der Waals surface area (Å²) in [7, 11) is 0. The zero-order valence-electron chi connectivity index (χ0n) is 16.7. The smallest absolute Gasteiger partial charge is 0.247 e. The van der Waals surface area contributed by atoms with Crippen molar-refractivity contribution in [3.05, 3.63) is 95.6 Å². The Hall–Kier alpha value is -3.51. The number of amides is 1. The maximum atomic E-state index is 13.3. The SMILES string of the molecule is O=C(CN(c1ccccc1)c1nc(-c2ccc(F)cc2)cs1)N1CCc2ccccc21. The van der Waals surface area contributed by atoms with E-state index in [1.54, 1.807) is 12.1 Å². The number of carbonyl (C=O) groups excluding carboxylic acids is 1. The molecular weight excluding hydrogens is 409 g/mol. The molecule has 0 unspecified atom stereocenters. The van der Waals surface area contributed by atoms with Gasteiger partial charge in [0.25, 0.3) is 0 Å². The molecule has 0 saturated carbocycles.